The second-order valence-electron chi connectivity index (χ2n) is 3.93. The first-order chi connectivity index (χ1) is 8.19. The number of carbonyl (C=O) groups excluding carboxylic acids is 2. The summed E-state index contributed by atoms with van der Waals surface area (Å²) in [6, 6.07) is 0.0677. The SMILES string of the molecule is CCNC1COCC1C(=O)NCCC(=O)OC. The number of nitrogens with one attached hydrogen (secondary N) is 2. The fourth-order valence-corrected chi connectivity index (χ4v) is 1.80. The van der Waals surface area contributed by atoms with Crippen molar-refractivity contribution in [1.29, 1.82) is 0 Å². The van der Waals surface area contributed by atoms with Crippen LogP contribution in [0.3, 0.4) is 0 Å². The van der Waals surface area contributed by atoms with E-state index < -0.39 is 0 Å². The molecule has 1 amide bonds. The van der Waals surface area contributed by atoms with Gasteiger partial charge in [0.15, 0.2) is 0 Å². The summed E-state index contributed by atoms with van der Waals surface area (Å²) >= 11 is 0. The largest absolute Gasteiger partial charge is 0.469 e. The van der Waals surface area contributed by atoms with Crippen LogP contribution in [0.25, 0.3) is 0 Å². The Kier molecular flexibility index (Phi) is 5.93. The van der Waals surface area contributed by atoms with E-state index in [0.29, 0.717) is 19.8 Å². The van der Waals surface area contributed by atoms with E-state index >= 15 is 0 Å². The van der Waals surface area contributed by atoms with E-state index in [2.05, 4.69) is 15.4 Å². The summed E-state index contributed by atoms with van der Waals surface area (Å²) in [6.07, 6.45) is 0.196. The van der Waals surface area contributed by atoms with Crippen molar-refractivity contribution in [3.05, 3.63) is 0 Å². The molecule has 6 heteroatoms. The van der Waals surface area contributed by atoms with Gasteiger partial charge in [-0.1, -0.05) is 6.92 Å². The van der Waals surface area contributed by atoms with Crippen LogP contribution in [0.4, 0.5) is 0 Å². The number of likely N-dealkylation sites (N-methyl/N-ethyl adjacent to an activating group) is 1. The van der Waals surface area contributed by atoms with Crippen LogP contribution in [0.5, 0.6) is 0 Å². The Labute approximate surface area is 101 Å². The highest BCUT2D eigenvalue weighted by Crippen LogP contribution is 2.13. The van der Waals surface area contributed by atoms with E-state index in [1.54, 1.807) is 0 Å². The van der Waals surface area contributed by atoms with Crippen molar-refractivity contribution in [1.82, 2.24) is 10.6 Å². The van der Waals surface area contributed by atoms with Gasteiger partial charge in [0.25, 0.3) is 0 Å². The molecule has 0 aromatic carbocycles. The summed E-state index contributed by atoms with van der Waals surface area (Å²) in [5.41, 5.74) is 0. The van der Waals surface area contributed by atoms with Gasteiger partial charge in [-0.3, -0.25) is 9.59 Å². The van der Waals surface area contributed by atoms with Crippen LogP contribution in [0, 0.1) is 5.92 Å². The monoisotopic (exact) mass is 244 g/mol. The third-order valence-electron chi connectivity index (χ3n) is 2.74. The molecule has 1 aliphatic heterocycles. The molecule has 0 radical (unpaired) electrons. The quantitative estimate of drug-likeness (QED) is 0.604. The van der Waals surface area contributed by atoms with Gasteiger partial charge in [0.2, 0.25) is 5.91 Å². The minimum Gasteiger partial charge on any atom is -0.469 e. The predicted octanol–water partition coefficient (Wildman–Crippen LogP) is -0.710. The van der Waals surface area contributed by atoms with Gasteiger partial charge >= 0.3 is 5.97 Å². The molecule has 6 nitrogen and oxygen atoms in total. The van der Waals surface area contributed by atoms with Crippen molar-refractivity contribution in [2.45, 2.75) is 19.4 Å². The summed E-state index contributed by atoms with van der Waals surface area (Å²) in [4.78, 5) is 22.7. The third-order valence-corrected chi connectivity index (χ3v) is 2.74. The molecule has 0 aliphatic carbocycles. The zero-order valence-electron chi connectivity index (χ0n) is 10.3. The molecule has 1 aliphatic rings. The van der Waals surface area contributed by atoms with Crippen molar-refractivity contribution in [3.8, 4) is 0 Å². The van der Waals surface area contributed by atoms with Gasteiger partial charge in [0.1, 0.15) is 0 Å². The highest BCUT2D eigenvalue weighted by atomic mass is 16.5. The molecule has 98 valence electrons. The first-order valence-electron chi connectivity index (χ1n) is 5.84. The van der Waals surface area contributed by atoms with Crippen molar-refractivity contribution in [3.63, 3.8) is 0 Å². The lowest BCUT2D eigenvalue weighted by Gasteiger charge is -2.17. The maximum Gasteiger partial charge on any atom is 0.307 e. The molecule has 0 saturated carbocycles. The second kappa shape index (κ2) is 7.24. The minimum atomic E-state index is -0.323. The number of carbonyl (C=O) groups is 2. The number of hydrogen-bond donors (Lipinski definition) is 2. The number of esters is 1. The van der Waals surface area contributed by atoms with Gasteiger partial charge in [-0.15, -0.1) is 0 Å². The smallest absolute Gasteiger partial charge is 0.307 e. The lowest BCUT2D eigenvalue weighted by atomic mass is 10.0. The van der Waals surface area contributed by atoms with E-state index in [1.165, 1.54) is 7.11 Å². The molecule has 1 rings (SSSR count). The highest BCUT2D eigenvalue weighted by molar-refractivity contribution is 5.80. The van der Waals surface area contributed by atoms with E-state index in [4.69, 9.17) is 4.74 Å². The Morgan fingerprint density at radius 2 is 2.18 bits per heavy atom. The van der Waals surface area contributed by atoms with Crippen LogP contribution in [0.15, 0.2) is 0 Å². The van der Waals surface area contributed by atoms with Gasteiger partial charge in [-0.05, 0) is 6.54 Å². The number of rotatable bonds is 6. The van der Waals surface area contributed by atoms with Crippen LogP contribution in [0.2, 0.25) is 0 Å². The van der Waals surface area contributed by atoms with Gasteiger partial charge in [0.05, 0.1) is 32.7 Å². The van der Waals surface area contributed by atoms with E-state index in [1.807, 2.05) is 6.92 Å². The van der Waals surface area contributed by atoms with Crippen LogP contribution < -0.4 is 10.6 Å². The number of amides is 1. The summed E-state index contributed by atoms with van der Waals surface area (Å²) in [6.45, 7) is 4.09. The molecule has 0 aromatic heterocycles. The molecule has 0 aromatic rings. The molecular weight excluding hydrogens is 224 g/mol. The van der Waals surface area contributed by atoms with Crippen LogP contribution in [0.1, 0.15) is 13.3 Å². The van der Waals surface area contributed by atoms with Gasteiger partial charge in [-0.2, -0.15) is 0 Å². The molecule has 1 fully saturated rings. The summed E-state index contributed by atoms with van der Waals surface area (Å²) < 4.78 is 9.77. The average molecular weight is 244 g/mol. The van der Waals surface area contributed by atoms with E-state index in [9.17, 15) is 9.59 Å². The topological polar surface area (TPSA) is 76.7 Å². The summed E-state index contributed by atoms with van der Waals surface area (Å²) in [7, 11) is 1.33. The van der Waals surface area contributed by atoms with Crippen molar-refractivity contribution >= 4 is 11.9 Å². The number of methoxy groups -OCH3 is 1. The average Bonchev–Trinajstić information content (AvgIpc) is 2.77. The predicted molar refractivity (Wildman–Crippen MR) is 61.4 cm³/mol. The molecule has 1 saturated heterocycles. The Morgan fingerprint density at radius 3 is 2.82 bits per heavy atom. The van der Waals surface area contributed by atoms with Crippen LogP contribution in [-0.2, 0) is 19.1 Å². The molecule has 0 bridgehead atoms. The minimum absolute atomic E-state index is 0.0677. The maximum atomic E-state index is 11.8. The fraction of sp³-hybridized carbons (Fsp3) is 0.818. The Morgan fingerprint density at radius 1 is 1.41 bits per heavy atom. The van der Waals surface area contributed by atoms with Crippen molar-refractivity contribution in [2.24, 2.45) is 5.92 Å². The third kappa shape index (κ3) is 4.32. The van der Waals surface area contributed by atoms with Gasteiger partial charge in [0, 0.05) is 12.6 Å². The van der Waals surface area contributed by atoms with Gasteiger partial charge in [-0.25, -0.2) is 0 Å². The molecule has 1 heterocycles. The molecule has 2 atom stereocenters. The normalized spacial score (nSPS) is 23.4. The molecule has 2 N–H and O–H groups in total. The summed E-state index contributed by atoms with van der Waals surface area (Å²) in [5.74, 6) is -0.568. The lowest BCUT2D eigenvalue weighted by Crippen LogP contribution is -2.44. The first-order valence-corrected chi connectivity index (χ1v) is 5.84. The maximum absolute atomic E-state index is 11.8. The molecule has 17 heavy (non-hydrogen) atoms. The number of hydrogen-bond acceptors (Lipinski definition) is 5. The zero-order valence-corrected chi connectivity index (χ0v) is 10.3. The second-order valence-corrected chi connectivity index (χ2v) is 3.93. The highest BCUT2D eigenvalue weighted by Gasteiger charge is 2.33. The van der Waals surface area contributed by atoms with Gasteiger partial charge < -0.3 is 20.1 Å². The lowest BCUT2D eigenvalue weighted by molar-refractivity contribution is -0.140. The van der Waals surface area contributed by atoms with Crippen LogP contribution in [-0.4, -0.2) is 51.3 Å². The van der Waals surface area contributed by atoms with Crippen molar-refractivity contribution in [2.75, 3.05) is 33.4 Å². The first kappa shape index (κ1) is 13.9. The van der Waals surface area contributed by atoms with E-state index in [-0.39, 0.29) is 30.3 Å². The Bertz CT molecular complexity index is 270. The molecule has 2 unspecified atom stereocenters. The zero-order chi connectivity index (χ0) is 12.7. The fourth-order valence-electron chi connectivity index (χ4n) is 1.80. The Hall–Kier alpha value is -1.14. The Balaban J connectivity index is 2.29. The van der Waals surface area contributed by atoms with Crippen molar-refractivity contribution < 1.29 is 19.1 Å². The van der Waals surface area contributed by atoms with Crippen LogP contribution >= 0.6 is 0 Å². The van der Waals surface area contributed by atoms with E-state index in [0.717, 1.165) is 6.54 Å². The molecular formula is C11H20N2O4. The molecule has 0 spiro atoms. The number of ether oxygens (including phenoxy) is 2. The standard InChI is InChI=1S/C11H20N2O4/c1-3-12-9-7-17-6-8(9)11(15)13-5-4-10(14)16-2/h8-9,12H,3-7H2,1-2H3,(H,13,15). The summed E-state index contributed by atoms with van der Waals surface area (Å²) in [5, 5.41) is 5.93.